The van der Waals surface area contributed by atoms with E-state index in [0.29, 0.717) is 13.0 Å². The number of nitrogens with two attached hydrogens (primary N) is 1. The second-order valence-electron chi connectivity index (χ2n) is 4.91. The Morgan fingerprint density at radius 1 is 1.41 bits per heavy atom. The first-order chi connectivity index (χ1) is 8.08. The molecule has 2 N–H and O–H groups in total. The predicted molar refractivity (Wildman–Crippen MR) is 68.7 cm³/mol. The second-order valence-corrected chi connectivity index (χ2v) is 4.91. The molecule has 1 atom stereocenters. The smallest absolute Gasteiger partial charge is 0.222 e. The minimum absolute atomic E-state index is 0.0723. The van der Waals surface area contributed by atoms with Gasteiger partial charge >= 0.3 is 0 Å². The van der Waals surface area contributed by atoms with Gasteiger partial charge in [-0.25, -0.2) is 0 Å². The fraction of sp³-hybridized carbons (Fsp3) is 0.500. The van der Waals surface area contributed by atoms with Crippen LogP contribution < -0.4 is 5.73 Å². The molecule has 0 aromatic heterocycles. The van der Waals surface area contributed by atoms with Crippen molar-refractivity contribution in [3.05, 3.63) is 34.9 Å². The van der Waals surface area contributed by atoms with Crippen LogP contribution in [0.1, 0.15) is 35.6 Å². The quantitative estimate of drug-likeness (QED) is 0.865. The Bertz CT molecular complexity index is 428. The number of rotatable bonds is 3. The van der Waals surface area contributed by atoms with Gasteiger partial charge in [-0.15, -0.1) is 0 Å². The summed E-state index contributed by atoms with van der Waals surface area (Å²) in [4.78, 5) is 13.4. The summed E-state index contributed by atoms with van der Waals surface area (Å²) in [6.07, 6.45) is 1.65. The summed E-state index contributed by atoms with van der Waals surface area (Å²) in [6, 6.07) is 6.24. The van der Waals surface area contributed by atoms with E-state index in [1.807, 2.05) is 4.90 Å². The van der Waals surface area contributed by atoms with Crippen molar-refractivity contribution < 1.29 is 4.79 Å². The average Bonchev–Trinajstić information content (AvgIpc) is 2.68. The molecule has 3 nitrogen and oxygen atoms in total. The van der Waals surface area contributed by atoms with Gasteiger partial charge in [0.1, 0.15) is 0 Å². The predicted octanol–water partition coefficient (Wildman–Crippen LogP) is 1.93. The van der Waals surface area contributed by atoms with Gasteiger partial charge in [-0.2, -0.15) is 0 Å². The highest BCUT2D eigenvalue weighted by Gasteiger charge is 2.23. The number of aryl methyl sites for hydroxylation is 2. The molecule has 0 saturated carbocycles. The van der Waals surface area contributed by atoms with Gasteiger partial charge in [0, 0.05) is 25.6 Å². The van der Waals surface area contributed by atoms with Gasteiger partial charge in [0.25, 0.3) is 0 Å². The van der Waals surface area contributed by atoms with Gasteiger partial charge < -0.3 is 10.6 Å². The van der Waals surface area contributed by atoms with Gasteiger partial charge in [0.15, 0.2) is 0 Å². The van der Waals surface area contributed by atoms with Gasteiger partial charge in [0.2, 0.25) is 5.91 Å². The van der Waals surface area contributed by atoms with Crippen molar-refractivity contribution >= 4 is 5.91 Å². The first-order valence-electron chi connectivity index (χ1n) is 6.18. The van der Waals surface area contributed by atoms with E-state index in [1.54, 1.807) is 0 Å². The van der Waals surface area contributed by atoms with Gasteiger partial charge in [-0.3, -0.25) is 4.79 Å². The van der Waals surface area contributed by atoms with Crippen LogP contribution in [0.2, 0.25) is 0 Å². The first-order valence-corrected chi connectivity index (χ1v) is 6.18. The number of carbonyl (C=O) groups excluding carboxylic acids is 1. The van der Waals surface area contributed by atoms with Crippen LogP contribution in [0.5, 0.6) is 0 Å². The molecule has 1 heterocycles. The van der Waals surface area contributed by atoms with Gasteiger partial charge in [-0.1, -0.05) is 23.8 Å². The van der Waals surface area contributed by atoms with E-state index in [4.69, 9.17) is 5.73 Å². The van der Waals surface area contributed by atoms with E-state index in [1.165, 1.54) is 11.1 Å². The Hall–Kier alpha value is -1.35. The summed E-state index contributed by atoms with van der Waals surface area (Å²) in [5.74, 6) is 0.241. The zero-order valence-electron chi connectivity index (χ0n) is 10.6. The van der Waals surface area contributed by atoms with Crippen LogP contribution in [0.4, 0.5) is 0 Å². The molecule has 2 rings (SSSR count). The number of benzene rings is 1. The van der Waals surface area contributed by atoms with Crippen molar-refractivity contribution in [1.29, 1.82) is 0 Å². The molecule has 1 fully saturated rings. The van der Waals surface area contributed by atoms with Crippen LogP contribution in [0.25, 0.3) is 0 Å². The number of carbonyl (C=O) groups is 1. The Kier molecular flexibility index (Phi) is 3.48. The first kappa shape index (κ1) is 12.1. The third-order valence-corrected chi connectivity index (χ3v) is 3.42. The van der Waals surface area contributed by atoms with E-state index in [2.05, 4.69) is 32.0 Å². The van der Waals surface area contributed by atoms with E-state index in [-0.39, 0.29) is 11.9 Å². The summed E-state index contributed by atoms with van der Waals surface area (Å²) in [7, 11) is 0. The van der Waals surface area contributed by atoms with Crippen molar-refractivity contribution in [3.8, 4) is 0 Å². The number of amides is 1. The van der Waals surface area contributed by atoms with Crippen LogP contribution in [0, 0.1) is 13.8 Å². The van der Waals surface area contributed by atoms with Crippen molar-refractivity contribution in [1.82, 2.24) is 4.90 Å². The lowest BCUT2D eigenvalue weighted by Crippen LogP contribution is -2.33. The van der Waals surface area contributed by atoms with Gasteiger partial charge in [-0.05, 0) is 31.4 Å². The summed E-state index contributed by atoms with van der Waals surface area (Å²) < 4.78 is 0. The minimum atomic E-state index is -0.0723. The van der Waals surface area contributed by atoms with Crippen molar-refractivity contribution in [2.24, 2.45) is 5.73 Å². The lowest BCUT2D eigenvalue weighted by atomic mass is 9.99. The molecular weight excluding hydrogens is 212 g/mol. The molecule has 1 aromatic rings. The zero-order valence-corrected chi connectivity index (χ0v) is 10.6. The van der Waals surface area contributed by atoms with E-state index >= 15 is 0 Å². The molecular formula is C14H20N2O. The molecule has 92 valence electrons. The SMILES string of the molecule is Cc1ccc(C)c(C(N)CN2CCCC2=O)c1. The van der Waals surface area contributed by atoms with E-state index in [0.717, 1.165) is 18.5 Å². The molecule has 1 aliphatic heterocycles. The minimum Gasteiger partial charge on any atom is -0.341 e. The molecule has 17 heavy (non-hydrogen) atoms. The Morgan fingerprint density at radius 3 is 2.82 bits per heavy atom. The number of nitrogens with zero attached hydrogens (tertiary/aromatic N) is 1. The fourth-order valence-electron chi connectivity index (χ4n) is 2.39. The highest BCUT2D eigenvalue weighted by molar-refractivity contribution is 5.78. The molecule has 3 heteroatoms. The lowest BCUT2D eigenvalue weighted by Gasteiger charge is -2.22. The van der Waals surface area contributed by atoms with Gasteiger partial charge in [0.05, 0.1) is 0 Å². The molecule has 1 saturated heterocycles. The van der Waals surface area contributed by atoms with Crippen LogP contribution in [-0.2, 0) is 4.79 Å². The third-order valence-electron chi connectivity index (χ3n) is 3.42. The summed E-state index contributed by atoms with van der Waals surface area (Å²) >= 11 is 0. The fourth-order valence-corrected chi connectivity index (χ4v) is 2.39. The Labute approximate surface area is 103 Å². The van der Waals surface area contributed by atoms with Crippen molar-refractivity contribution in [2.75, 3.05) is 13.1 Å². The number of likely N-dealkylation sites (tertiary alicyclic amines) is 1. The summed E-state index contributed by atoms with van der Waals surface area (Å²) in [5, 5.41) is 0. The molecule has 0 radical (unpaired) electrons. The number of hydrogen-bond donors (Lipinski definition) is 1. The number of hydrogen-bond acceptors (Lipinski definition) is 2. The van der Waals surface area contributed by atoms with E-state index < -0.39 is 0 Å². The molecule has 0 spiro atoms. The Morgan fingerprint density at radius 2 is 2.18 bits per heavy atom. The normalized spacial score (nSPS) is 17.6. The summed E-state index contributed by atoms with van der Waals surface area (Å²) in [5.41, 5.74) is 9.79. The lowest BCUT2D eigenvalue weighted by molar-refractivity contribution is -0.127. The molecule has 0 aliphatic carbocycles. The molecule has 1 unspecified atom stereocenters. The zero-order chi connectivity index (χ0) is 12.4. The highest BCUT2D eigenvalue weighted by atomic mass is 16.2. The monoisotopic (exact) mass is 232 g/mol. The van der Waals surface area contributed by atoms with Crippen molar-refractivity contribution in [3.63, 3.8) is 0 Å². The largest absolute Gasteiger partial charge is 0.341 e. The maximum Gasteiger partial charge on any atom is 0.222 e. The van der Waals surface area contributed by atoms with Crippen LogP contribution in [-0.4, -0.2) is 23.9 Å². The van der Waals surface area contributed by atoms with Crippen molar-refractivity contribution in [2.45, 2.75) is 32.7 Å². The second kappa shape index (κ2) is 4.88. The molecule has 1 aliphatic rings. The standard InChI is InChI=1S/C14H20N2O/c1-10-5-6-11(2)12(8-10)13(15)9-16-7-3-4-14(16)17/h5-6,8,13H,3-4,7,9,15H2,1-2H3. The summed E-state index contributed by atoms with van der Waals surface area (Å²) in [6.45, 7) is 5.64. The van der Waals surface area contributed by atoms with Crippen LogP contribution in [0.3, 0.4) is 0 Å². The maximum atomic E-state index is 11.6. The highest BCUT2D eigenvalue weighted by Crippen LogP contribution is 2.20. The Balaban J connectivity index is 2.11. The molecule has 0 bridgehead atoms. The molecule has 1 amide bonds. The topological polar surface area (TPSA) is 46.3 Å². The average molecular weight is 232 g/mol. The molecule has 1 aromatic carbocycles. The maximum absolute atomic E-state index is 11.6. The van der Waals surface area contributed by atoms with E-state index in [9.17, 15) is 4.79 Å². The third kappa shape index (κ3) is 2.67. The van der Waals surface area contributed by atoms with Crippen LogP contribution >= 0.6 is 0 Å². The van der Waals surface area contributed by atoms with Crippen LogP contribution in [0.15, 0.2) is 18.2 Å².